The van der Waals surface area contributed by atoms with E-state index in [1.54, 1.807) is 6.92 Å². The third-order valence-corrected chi connectivity index (χ3v) is 2.73. The molecule has 1 aliphatic heterocycles. The zero-order valence-electron chi connectivity index (χ0n) is 9.68. The Morgan fingerprint density at radius 3 is 2.65 bits per heavy atom. The molecule has 0 bridgehead atoms. The standard InChI is InChI=1S/C10H17N3O4/c1-6(4-8(14)15)12-10(17)13-3-2-7(5-13)9(11)16/h6-7H,2-5H2,1H3,(H2,11,16)(H,12,17)(H,14,15). The number of carbonyl (C=O) groups excluding carboxylic acids is 2. The fourth-order valence-electron chi connectivity index (χ4n) is 1.79. The number of rotatable bonds is 4. The van der Waals surface area contributed by atoms with Crippen LogP contribution in [0.4, 0.5) is 4.79 Å². The van der Waals surface area contributed by atoms with Crippen LogP contribution in [0.3, 0.4) is 0 Å². The maximum Gasteiger partial charge on any atom is 0.317 e. The zero-order valence-corrected chi connectivity index (χ0v) is 9.68. The van der Waals surface area contributed by atoms with Gasteiger partial charge in [-0.25, -0.2) is 4.79 Å². The number of nitrogens with one attached hydrogen (secondary N) is 1. The Morgan fingerprint density at radius 2 is 2.18 bits per heavy atom. The minimum atomic E-state index is -0.964. The Bertz CT molecular complexity index is 332. The molecule has 2 unspecified atom stereocenters. The molecule has 2 atom stereocenters. The first kappa shape index (κ1) is 13.3. The van der Waals surface area contributed by atoms with E-state index >= 15 is 0 Å². The van der Waals surface area contributed by atoms with Gasteiger partial charge in [0.25, 0.3) is 0 Å². The number of primary amides is 1. The van der Waals surface area contributed by atoms with Crippen LogP contribution in [0.25, 0.3) is 0 Å². The summed E-state index contributed by atoms with van der Waals surface area (Å²) >= 11 is 0. The van der Waals surface area contributed by atoms with E-state index in [4.69, 9.17) is 10.8 Å². The van der Waals surface area contributed by atoms with Gasteiger partial charge in [0.15, 0.2) is 0 Å². The van der Waals surface area contributed by atoms with Crippen LogP contribution in [0.1, 0.15) is 19.8 Å². The molecule has 7 heteroatoms. The predicted octanol–water partition coefficient (Wildman–Crippen LogP) is -0.634. The highest BCUT2D eigenvalue weighted by atomic mass is 16.4. The van der Waals surface area contributed by atoms with Crippen LogP contribution >= 0.6 is 0 Å². The van der Waals surface area contributed by atoms with Gasteiger partial charge < -0.3 is 21.1 Å². The van der Waals surface area contributed by atoms with E-state index in [2.05, 4.69) is 5.32 Å². The molecule has 4 N–H and O–H groups in total. The Kier molecular flexibility index (Phi) is 4.30. The molecule has 0 aromatic heterocycles. The summed E-state index contributed by atoms with van der Waals surface area (Å²) in [6.07, 6.45) is 0.439. The smallest absolute Gasteiger partial charge is 0.317 e. The van der Waals surface area contributed by atoms with Crippen LogP contribution < -0.4 is 11.1 Å². The van der Waals surface area contributed by atoms with Crippen LogP contribution in [0.2, 0.25) is 0 Å². The zero-order chi connectivity index (χ0) is 13.0. The second kappa shape index (κ2) is 5.51. The lowest BCUT2D eigenvalue weighted by atomic mass is 10.1. The second-order valence-corrected chi connectivity index (χ2v) is 4.28. The number of carboxylic acid groups (broad SMARTS) is 1. The summed E-state index contributed by atoms with van der Waals surface area (Å²) in [4.78, 5) is 34.5. The van der Waals surface area contributed by atoms with Gasteiger partial charge in [-0.15, -0.1) is 0 Å². The number of hydrogen-bond acceptors (Lipinski definition) is 3. The van der Waals surface area contributed by atoms with E-state index in [9.17, 15) is 14.4 Å². The van der Waals surface area contributed by atoms with Gasteiger partial charge in [-0.1, -0.05) is 0 Å². The first-order valence-electron chi connectivity index (χ1n) is 5.46. The summed E-state index contributed by atoms with van der Waals surface area (Å²) in [5.41, 5.74) is 5.15. The van der Waals surface area contributed by atoms with Crippen molar-refractivity contribution in [3.05, 3.63) is 0 Å². The molecule has 17 heavy (non-hydrogen) atoms. The molecule has 1 saturated heterocycles. The van der Waals surface area contributed by atoms with Gasteiger partial charge in [0, 0.05) is 19.1 Å². The third-order valence-electron chi connectivity index (χ3n) is 2.73. The topological polar surface area (TPSA) is 113 Å². The highest BCUT2D eigenvalue weighted by Gasteiger charge is 2.30. The number of aliphatic carboxylic acids is 1. The molecule has 0 saturated carbocycles. The van der Waals surface area contributed by atoms with Crippen molar-refractivity contribution in [2.24, 2.45) is 11.7 Å². The summed E-state index contributed by atoms with van der Waals surface area (Å²) in [6.45, 7) is 2.40. The van der Waals surface area contributed by atoms with E-state index in [0.29, 0.717) is 19.5 Å². The molecule has 1 fully saturated rings. The molecule has 0 spiro atoms. The van der Waals surface area contributed by atoms with E-state index in [0.717, 1.165) is 0 Å². The van der Waals surface area contributed by atoms with Crippen LogP contribution in [0.15, 0.2) is 0 Å². The van der Waals surface area contributed by atoms with Crippen molar-refractivity contribution in [3.63, 3.8) is 0 Å². The maximum atomic E-state index is 11.7. The molecular weight excluding hydrogens is 226 g/mol. The lowest BCUT2D eigenvalue weighted by Gasteiger charge is -2.19. The Balaban J connectivity index is 2.39. The number of amides is 3. The van der Waals surface area contributed by atoms with Crippen molar-refractivity contribution in [1.29, 1.82) is 0 Å². The van der Waals surface area contributed by atoms with Gasteiger partial charge in [-0.3, -0.25) is 9.59 Å². The summed E-state index contributed by atoms with van der Waals surface area (Å²) in [5, 5.41) is 11.1. The van der Waals surface area contributed by atoms with E-state index in [1.807, 2.05) is 0 Å². The summed E-state index contributed by atoms with van der Waals surface area (Å²) < 4.78 is 0. The number of carbonyl (C=O) groups is 3. The van der Waals surface area contributed by atoms with Crippen LogP contribution in [0, 0.1) is 5.92 Å². The van der Waals surface area contributed by atoms with Crippen LogP contribution in [0.5, 0.6) is 0 Å². The van der Waals surface area contributed by atoms with Gasteiger partial charge >= 0.3 is 12.0 Å². The second-order valence-electron chi connectivity index (χ2n) is 4.28. The maximum absolute atomic E-state index is 11.7. The molecule has 0 aromatic carbocycles. The molecular formula is C10H17N3O4. The molecule has 0 aromatic rings. The summed E-state index contributed by atoms with van der Waals surface area (Å²) in [5.74, 6) is -1.66. The summed E-state index contributed by atoms with van der Waals surface area (Å²) in [7, 11) is 0. The number of carboxylic acids is 1. The summed E-state index contributed by atoms with van der Waals surface area (Å²) in [6, 6.07) is -0.782. The fourth-order valence-corrected chi connectivity index (χ4v) is 1.79. The Morgan fingerprint density at radius 1 is 1.53 bits per heavy atom. The lowest BCUT2D eigenvalue weighted by molar-refractivity contribution is -0.137. The normalized spacial score (nSPS) is 21.0. The fraction of sp³-hybridized carbons (Fsp3) is 0.700. The highest BCUT2D eigenvalue weighted by Crippen LogP contribution is 2.15. The molecule has 96 valence electrons. The highest BCUT2D eigenvalue weighted by molar-refractivity contribution is 5.80. The quantitative estimate of drug-likeness (QED) is 0.609. The molecule has 1 aliphatic rings. The van der Waals surface area contributed by atoms with Gasteiger partial charge in [-0.05, 0) is 13.3 Å². The van der Waals surface area contributed by atoms with Crippen molar-refractivity contribution in [1.82, 2.24) is 10.2 Å². The molecule has 1 heterocycles. The number of likely N-dealkylation sites (tertiary alicyclic amines) is 1. The van der Waals surface area contributed by atoms with Crippen molar-refractivity contribution in [2.45, 2.75) is 25.8 Å². The Hall–Kier alpha value is -1.79. The van der Waals surface area contributed by atoms with E-state index in [-0.39, 0.29) is 18.4 Å². The van der Waals surface area contributed by atoms with E-state index in [1.165, 1.54) is 4.90 Å². The molecule has 7 nitrogen and oxygen atoms in total. The molecule has 1 rings (SSSR count). The number of nitrogens with two attached hydrogens (primary N) is 1. The van der Waals surface area contributed by atoms with Crippen LogP contribution in [-0.2, 0) is 9.59 Å². The van der Waals surface area contributed by atoms with Crippen molar-refractivity contribution in [3.8, 4) is 0 Å². The minimum absolute atomic E-state index is 0.126. The van der Waals surface area contributed by atoms with Crippen molar-refractivity contribution >= 4 is 17.9 Å². The lowest BCUT2D eigenvalue weighted by Crippen LogP contribution is -2.44. The number of nitrogens with zero attached hydrogens (tertiary/aromatic N) is 1. The minimum Gasteiger partial charge on any atom is -0.481 e. The third kappa shape index (κ3) is 3.93. The van der Waals surface area contributed by atoms with Crippen molar-refractivity contribution in [2.75, 3.05) is 13.1 Å². The van der Waals surface area contributed by atoms with Gasteiger partial charge in [-0.2, -0.15) is 0 Å². The number of hydrogen-bond donors (Lipinski definition) is 3. The largest absolute Gasteiger partial charge is 0.481 e. The molecule has 3 amide bonds. The van der Waals surface area contributed by atoms with E-state index < -0.39 is 17.9 Å². The number of urea groups is 1. The average Bonchev–Trinajstić information content (AvgIpc) is 2.64. The first-order chi connectivity index (χ1) is 7.90. The molecule has 0 radical (unpaired) electrons. The van der Waals surface area contributed by atoms with Crippen molar-refractivity contribution < 1.29 is 19.5 Å². The van der Waals surface area contributed by atoms with Gasteiger partial charge in [0.2, 0.25) is 5.91 Å². The van der Waals surface area contributed by atoms with Crippen LogP contribution in [-0.4, -0.2) is 47.0 Å². The predicted molar refractivity (Wildman–Crippen MR) is 59.1 cm³/mol. The monoisotopic (exact) mass is 243 g/mol. The Labute approximate surface area is 98.9 Å². The van der Waals surface area contributed by atoms with Gasteiger partial charge in [0.1, 0.15) is 0 Å². The van der Waals surface area contributed by atoms with Gasteiger partial charge in [0.05, 0.1) is 12.3 Å². The average molecular weight is 243 g/mol. The SMILES string of the molecule is CC(CC(=O)O)NC(=O)N1CCC(C(N)=O)C1. The molecule has 0 aliphatic carbocycles. The first-order valence-corrected chi connectivity index (χ1v) is 5.46.